The molecule has 0 saturated carbocycles. The number of hydrogen-bond donors (Lipinski definition) is 1. The fourth-order valence-electron chi connectivity index (χ4n) is 2.17. The van der Waals surface area contributed by atoms with Crippen LogP contribution in [-0.2, 0) is 30.4 Å². The Morgan fingerprint density at radius 2 is 1.66 bits per heavy atom. The molecule has 162 valence electrons. The fourth-order valence-corrected chi connectivity index (χ4v) is 2.88. The number of esters is 2. The molecule has 1 N–H and O–H groups in total. The molecule has 0 spiro atoms. The number of rotatable bonds is 9. The summed E-state index contributed by atoms with van der Waals surface area (Å²) in [4.78, 5) is 36.8. The molecule has 7 nitrogen and oxygen atoms in total. The zero-order valence-electron chi connectivity index (χ0n) is 18.2. The van der Waals surface area contributed by atoms with Gasteiger partial charge in [0.05, 0.1) is 13.0 Å². The van der Waals surface area contributed by atoms with Gasteiger partial charge in [-0.15, -0.1) is 0 Å². The van der Waals surface area contributed by atoms with Crippen LogP contribution >= 0.6 is 0 Å². The monoisotopic (exact) mass is 423 g/mol. The molecule has 0 aliphatic heterocycles. The van der Waals surface area contributed by atoms with Crippen LogP contribution in [0.5, 0.6) is 0 Å². The van der Waals surface area contributed by atoms with Crippen LogP contribution in [-0.4, -0.2) is 44.4 Å². The molecule has 29 heavy (non-hydrogen) atoms. The van der Waals surface area contributed by atoms with Crippen molar-refractivity contribution < 1.29 is 28.6 Å². The number of ether oxygens (including phenoxy) is 3. The van der Waals surface area contributed by atoms with E-state index in [1.165, 1.54) is 0 Å². The average Bonchev–Trinajstić information content (AvgIpc) is 2.57. The number of hydrogen-bond acceptors (Lipinski definition) is 6. The third-order valence-corrected chi connectivity index (χ3v) is 5.39. The van der Waals surface area contributed by atoms with Crippen LogP contribution in [0.25, 0.3) is 0 Å². The highest BCUT2D eigenvalue weighted by atomic mass is 28.3. The Bertz CT molecular complexity index is 679. The molecule has 8 heteroatoms. The van der Waals surface area contributed by atoms with Crippen molar-refractivity contribution >= 4 is 26.1 Å². The molecular formula is C21H33NO6Si. The molecule has 1 amide bonds. The second-order valence-corrected chi connectivity index (χ2v) is 14.6. The van der Waals surface area contributed by atoms with Gasteiger partial charge in [-0.3, -0.25) is 4.79 Å². The molecular weight excluding hydrogens is 390 g/mol. The van der Waals surface area contributed by atoms with Gasteiger partial charge >= 0.3 is 18.0 Å². The maximum atomic E-state index is 12.5. The van der Waals surface area contributed by atoms with E-state index in [1.807, 2.05) is 30.3 Å². The molecule has 0 heterocycles. The lowest BCUT2D eigenvalue weighted by Crippen LogP contribution is -2.45. The lowest BCUT2D eigenvalue weighted by Gasteiger charge is -2.23. The fraction of sp³-hybridized carbons (Fsp3) is 0.571. The normalized spacial score (nSPS) is 12.6. The Balaban J connectivity index is 2.68. The summed E-state index contributed by atoms with van der Waals surface area (Å²) in [6.07, 6.45) is -1.13. The summed E-state index contributed by atoms with van der Waals surface area (Å²) in [7, 11) is -1.39. The molecule has 1 aromatic rings. The van der Waals surface area contributed by atoms with Crippen molar-refractivity contribution in [2.45, 2.75) is 71.1 Å². The Kier molecular flexibility index (Phi) is 9.36. The highest BCUT2D eigenvalue weighted by Gasteiger charge is 2.29. The van der Waals surface area contributed by atoms with E-state index < -0.39 is 37.7 Å². The van der Waals surface area contributed by atoms with Gasteiger partial charge in [0, 0.05) is 8.07 Å². The van der Waals surface area contributed by atoms with E-state index in [1.54, 1.807) is 20.8 Å². The van der Waals surface area contributed by atoms with E-state index in [-0.39, 0.29) is 19.6 Å². The first-order chi connectivity index (χ1) is 13.4. The SMILES string of the molecule is CC(C)(C)OC(=O)N[C@@H](CC(=O)OCc1ccccc1)C(=O)OCC[Si](C)(C)C. The number of alkyl carbamates (subject to hydrolysis) is 1. The zero-order valence-corrected chi connectivity index (χ0v) is 19.2. The lowest BCUT2D eigenvalue weighted by molar-refractivity contribution is -0.153. The number of benzene rings is 1. The smallest absolute Gasteiger partial charge is 0.408 e. The molecule has 0 saturated heterocycles. The molecule has 0 bridgehead atoms. The first-order valence-electron chi connectivity index (χ1n) is 9.71. The van der Waals surface area contributed by atoms with Gasteiger partial charge < -0.3 is 19.5 Å². The topological polar surface area (TPSA) is 90.9 Å². The van der Waals surface area contributed by atoms with Crippen molar-refractivity contribution in [1.82, 2.24) is 5.32 Å². The maximum absolute atomic E-state index is 12.5. The van der Waals surface area contributed by atoms with E-state index in [2.05, 4.69) is 25.0 Å². The number of amides is 1. The molecule has 0 unspecified atom stereocenters. The van der Waals surface area contributed by atoms with Crippen molar-refractivity contribution in [1.29, 1.82) is 0 Å². The molecule has 0 aliphatic rings. The van der Waals surface area contributed by atoms with Crippen LogP contribution in [0.2, 0.25) is 25.7 Å². The van der Waals surface area contributed by atoms with Crippen molar-refractivity contribution in [3.05, 3.63) is 35.9 Å². The molecule has 0 fully saturated rings. The van der Waals surface area contributed by atoms with Crippen LogP contribution < -0.4 is 5.32 Å². The zero-order chi connectivity index (χ0) is 22.1. The van der Waals surface area contributed by atoms with Gasteiger partial charge in [-0.1, -0.05) is 50.0 Å². The van der Waals surface area contributed by atoms with Gasteiger partial charge in [-0.25, -0.2) is 9.59 Å². The second kappa shape index (κ2) is 11.0. The Hall–Kier alpha value is -2.35. The van der Waals surface area contributed by atoms with Gasteiger partial charge in [0.2, 0.25) is 0 Å². The minimum atomic E-state index is -1.39. The second-order valence-electron chi connectivity index (χ2n) is 9.03. The van der Waals surface area contributed by atoms with Gasteiger partial charge in [-0.05, 0) is 32.4 Å². The predicted octanol–water partition coefficient (Wildman–Crippen LogP) is 3.89. The number of carbonyl (C=O) groups is 3. The van der Waals surface area contributed by atoms with Crippen LogP contribution in [0.3, 0.4) is 0 Å². The van der Waals surface area contributed by atoms with Crippen molar-refractivity contribution in [2.24, 2.45) is 0 Å². The molecule has 1 rings (SSSR count). The Morgan fingerprint density at radius 1 is 1.03 bits per heavy atom. The summed E-state index contributed by atoms with van der Waals surface area (Å²) >= 11 is 0. The third kappa shape index (κ3) is 11.9. The third-order valence-electron chi connectivity index (χ3n) is 3.69. The van der Waals surface area contributed by atoms with Gasteiger partial charge in [-0.2, -0.15) is 0 Å². The first-order valence-corrected chi connectivity index (χ1v) is 13.4. The summed E-state index contributed by atoms with van der Waals surface area (Å²) in [5, 5.41) is 2.42. The minimum absolute atomic E-state index is 0.0868. The van der Waals surface area contributed by atoms with E-state index in [4.69, 9.17) is 14.2 Å². The first kappa shape index (κ1) is 24.7. The van der Waals surface area contributed by atoms with Crippen molar-refractivity contribution in [3.63, 3.8) is 0 Å². The minimum Gasteiger partial charge on any atom is -0.464 e. The molecule has 0 aliphatic carbocycles. The van der Waals surface area contributed by atoms with E-state index in [0.29, 0.717) is 0 Å². The maximum Gasteiger partial charge on any atom is 0.408 e. The Morgan fingerprint density at radius 3 is 2.21 bits per heavy atom. The van der Waals surface area contributed by atoms with Crippen molar-refractivity contribution in [2.75, 3.05) is 6.61 Å². The summed E-state index contributed by atoms with van der Waals surface area (Å²) in [5.74, 6) is -1.29. The summed E-state index contributed by atoms with van der Waals surface area (Å²) in [6.45, 7) is 12.0. The quantitative estimate of drug-likeness (QED) is 0.368. The van der Waals surface area contributed by atoms with Crippen LogP contribution in [0, 0.1) is 0 Å². The highest BCUT2D eigenvalue weighted by molar-refractivity contribution is 6.76. The largest absolute Gasteiger partial charge is 0.464 e. The summed E-state index contributed by atoms with van der Waals surface area (Å²) < 4.78 is 15.7. The van der Waals surface area contributed by atoms with Crippen LogP contribution in [0.15, 0.2) is 30.3 Å². The van der Waals surface area contributed by atoms with E-state index in [0.717, 1.165) is 11.6 Å². The Labute approximate surface area is 174 Å². The van der Waals surface area contributed by atoms with Gasteiger partial charge in [0.1, 0.15) is 18.2 Å². The highest BCUT2D eigenvalue weighted by Crippen LogP contribution is 2.11. The van der Waals surface area contributed by atoms with E-state index in [9.17, 15) is 14.4 Å². The summed E-state index contributed by atoms with van der Waals surface area (Å²) in [6, 6.07) is 8.81. The number of carbonyl (C=O) groups excluding carboxylic acids is 3. The van der Waals surface area contributed by atoms with E-state index >= 15 is 0 Å². The van der Waals surface area contributed by atoms with Crippen molar-refractivity contribution in [3.8, 4) is 0 Å². The van der Waals surface area contributed by atoms with Gasteiger partial charge in [0.15, 0.2) is 0 Å². The lowest BCUT2D eigenvalue weighted by atomic mass is 10.2. The molecule has 0 aromatic heterocycles. The molecule has 0 radical (unpaired) electrons. The van der Waals surface area contributed by atoms with Crippen LogP contribution in [0.4, 0.5) is 4.79 Å². The summed E-state index contributed by atoms with van der Waals surface area (Å²) in [5.41, 5.74) is 0.0969. The standard InChI is InChI=1S/C21H33NO6Si/c1-21(2,3)28-20(25)22-17(19(24)26-12-13-29(4,5)6)14-18(23)27-15-16-10-8-7-9-11-16/h7-11,17H,12-15H2,1-6H3,(H,22,25)/t17-/m0/s1. The van der Waals surface area contributed by atoms with Gasteiger partial charge in [0.25, 0.3) is 0 Å². The molecule has 1 aromatic carbocycles. The predicted molar refractivity (Wildman–Crippen MR) is 113 cm³/mol. The molecule has 1 atom stereocenters. The number of nitrogens with one attached hydrogen (secondary N) is 1. The van der Waals surface area contributed by atoms with Crippen LogP contribution in [0.1, 0.15) is 32.8 Å². The average molecular weight is 424 g/mol.